The summed E-state index contributed by atoms with van der Waals surface area (Å²) >= 11 is 0. The van der Waals surface area contributed by atoms with E-state index in [1.165, 1.54) is 0 Å². The largest absolute Gasteiger partial charge is 0.345 e. The van der Waals surface area contributed by atoms with Gasteiger partial charge in [-0.3, -0.25) is 4.79 Å². The number of anilines is 3. The number of benzene rings is 1. The maximum absolute atomic E-state index is 12.1. The second kappa shape index (κ2) is 7.48. The van der Waals surface area contributed by atoms with Gasteiger partial charge in [0.15, 0.2) is 0 Å². The Hall–Kier alpha value is -2.67. The predicted octanol–water partition coefficient (Wildman–Crippen LogP) is 1.85. The molecule has 3 rings (SSSR count). The maximum atomic E-state index is 12.1. The number of piperidine rings is 1. The van der Waals surface area contributed by atoms with E-state index in [1.807, 2.05) is 24.3 Å². The van der Waals surface area contributed by atoms with Gasteiger partial charge in [0.25, 0.3) is 5.91 Å². The molecule has 0 spiro atoms. The molecule has 1 fully saturated rings. The van der Waals surface area contributed by atoms with Crippen molar-refractivity contribution in [3.63, 3.8) is 0 Å². The van der Waals surface area contributed by atoms with E-state index in [0.717, 1.165) is 31.6 Å². The van der Waals surface area contributed by atoms with Gasteiger partial charge >= 0.3 is 0 Å². The van der Waals surface area contributed by atoms with Crippen LogP contribution in [0.2, 0.25) is 0 Å². The van der Waals surface area contributed by atoms with Crippen LogP contribution in [0.25, 0.3) is 0 Å². The predicted molar refractivity (Wildman–Crippen MR) is 99.2 cm³/mol. The van der Waals surface area contributed by atoms with E-state index < -0.39 is 0 Å². The highest BCUT2D eigenvalue weighted by molar-refractivity contribution is 5.94. The van der Waals surface area contributed by atoms with Gasteiger partial charge < -0.3 is 20.9 Å². The number of carbonyl (C=O) groups excluding carboxylic acids is 1. The highest BCUT2D eigenvalue weighted by Crippen LogP contribution is 2.20. The molecule has 0 aliphatic carbocycles. The van der Waals surface area contributed by atoms with Crippen molar-refractivity contribution in [3.05, 3.63) is 42.1 Å². The van der Waals surface area contributed by atoms with Gasteiger partial charge in [-0.15, -0.1) is 0 Å². The van der Waals surface area contributed by atoms with Crippen LogP contribution >= 0.6 is 0 Å². The highest BCUT2D eigenvalue weighted by Gasteiger charge is 2.19. The lowest BCUT2D eigenvalue weighted by molar-refractivity contribution is 0.0827. The summed E-state index contributed by atoms with van der Waals surface area (Å²) < 4.78 is 0. The van der Waals surface area contributed by atoms with E-state index in [9.17, 15) is 4.79 Å². The number of rotatable bonds is 4. The molecule has 3 N–H and O–H groups in total. The zero-order valence-electron chi connectivity index (χ0n) is 14.6. The topological polar surface area (TPSA) is 87.4 Å². The maximum Gasteiger partial charge on any atom is 0.253 e. The molecule has 1 aromatic heterocycles. The molecule has 1 aromatic carbocycles. The van der Waals surface area contributed by atoms with Gasteiger partial charge in [0.05, 0.1) is 0 Å². The van der Waals surface area contributed by atoms with Crippen LogP contribution in [0.4, 0.5) is 17.5 Å². The van der Waals surface area contributed by atoms with Crippen molar-refractivity contribution in [2.75, 3.05) is 37.4 Å². The second-order valence-corrected chi connectivity index (χ2v) is 6.50. The number of nitrogens with two attached hydrogens (primary N) is 1. The van der Waals surface area contributed by atoms with Crippen LogP contribution in [-0.4, -0.2) is 54.0 Å². The van der Waals surface area contributed by atoms with Crippen LogP contribution in [0.1, 0.15) is 23.2 Å². The van der Waals surface area contributed by atoms with E-state index in [-0.39, 0.29) is 11.9 Å². The van der Waals surface area contributed by atoms with Gasteiger partial charge in [-0.1, -0.05) is 6.07 Å². The number of hydrogen-bond acceptors (Lipinski definition) is 6. The van der Waals surface area contributed by atoms with Crippen molar-refractivity contribution in [1.82, 2.24) is 14.9 Å². The Labute approximate surface area is 147 Å². The van der Waals surface area contributed by atoms with Crippen molar-refractivity contribution in [1.29, 1.82) is 0 Å². The molecule has 0 saturated carbocycles. The summed E-state index contributed by atoms with van der Waals surface area (Å²) in [5.74, 6) is 1.34. The summed E-state index contributed by atoms with van der Waals surface area (Å²) in [5.41, 5.74) is 7.49. The Balaban J connectivity index is 1.76. The Morgan fingerprint density at radius 3 is 2.96 bits per heavy atom. The third-order valence-electron chi connectivity index (χ3n) is 4.17. The molecule has 0 unspecified atom stereocenters. The molecular formula is C18H24N6O. The molecule has 7 heteroatoms. The smallest absolute Gasteiger partial charge is 0.253 e. The van der Waals surface area contributed by atoms with Crippen LogP contribution in [0.15, 0.2) is 36.5 Å². The minimum absolute atomic E-state index is 0.0330. The van der Waals surface area contributed by atoms with Gasteiger partial charge in [-0.25, -0.2) is 4.98 Å². The zero-order chi connectivity index (χ0) is 17.8. The number of hydrogen-bond donors (Lipinski definition) is 2. The lowest BCUT2D eigenvalue weighted by atomic mass is 10.1. The number of nitrogens with zero attached hydrogens (tertiary/aromatic N) is 4. The molecule has 1 atom stereocenters. The van der Waals surface area contributed by atoms with E-state index in [2.05, 4.69) is 20.2 Å². The molecule has 2 heterocycles. The van der Waals surface area contributed by atoms with Crippen LogP contribution in [0, 0.1) is 0 Å². The van der Waals surface area contributed by atoms with Gasteiger partial charge in [-0.2, -0.15) is 4.98 Å². The van der Waals surface area contributed by atoms with Crippen molar-refractivity contribution >= 4 is 23.4 Å². The summed E-state index contributed by atoms with van der Waals surface area (Å²) in [6.07, 6.45) is 3.83. The molecule has 2 aromatic rings. The highest BCUT2D eigenvalue weighted by atomic mass is 16.2. The van der Waals surface area contributed by atoms with Crippen molar-refractivity contribution in [2.24, 2.45) is 5.73 Å². The van der Waals surface area contributed by atoms with Gasteiger partial charge in [0, 0.05) is 50.7 Å². The molecule has 1 aliphatic rings. The average molecular weight is 340 g/mol. The Bertz CT molecular complexity index is 748. The Morgan fingerprint density at radius 1 is 1.36 bits per heavy atom. The molecule has 0 bridgehead atoms. The van der Waals surface area contributed by atoms with Crippen LogP contribution < -0.4 is 16.0 Å². The first-order chi connectivity index (χ1) is 12.0. The molecule has 7 nitrogen and oxygen atoms in total. The quantitative estimate of drug-likeness (QED) is 0.883. The van der Waals surface area contributed by atoms with Crippen molar-refractivity contribution in [2.45, 2.75) is 18.9 Å². The summed E-state index contributed by atoms with van der Waals surface area (Å²) in [6, 6.07) is 9.36. The first-order valence-electron chi connectivity index (χ1n) is 8.45. The lowest BCUT2D eigenvalue weighted by Crippen LogP contribution is -2.43. The minimum atomic E-state index is -0.0330. The van der Waals surface area contributed by atoms with Gasteiger partial charge in [-0.05, 0) is 37.1 Å². The fourth-order valence-electron chi connectivity index (χ4n) is 2.90. The van der Waals surface area contributed by atoms with Crippen LogP contribution in [0.5, 0.6) is 0 Å². The monoisotopic (exact) mass is 340 g/mol. The van der Waals surface area contributed by atoms with E-state index in [4.69, 9.17) is 5.73 Å². The minimum Gasteiger partial charge on any atom is -0.345 e. The Kier molecular flexibility index (Phi) is 5.14. The number of nitrogens with one attached hydrogen (secondary N) is 1. The van der Waals surface area contributed by atoms with Crippen LogP contribution in [-0.2, 0) is 0 Å². The fraction of sp³-hybridized carbons (Fsp3) is 0.389. The van der Waals surface area contributed by atoms with Gasteiger partial charge in [0.1, 0.15) is 5.82 Å². The van der Waals surface area contributed by atoms with E-state index in [0.29, 0.717) is 17.3 Å². The summed E-state index contributed by atoms with van der Waals surface area (Å²) in [7, 11) is 3.48. The summed E-state index contributed by atoms with van der Waals surface area (Å²) in [6.45, 7) is 1.69. The Morgan fingerprint density at radius 2 is 2.20 bits per heavy atom. The molecule has 1 saturated heterocycles. The normalized spacial score (nSPS) is 17.2. The third kappa shape index (κ3) is 4.24. The number of amides is 1. The molecule has 132 valence electrons. The second-order valence-electron chi connectivity index (χ2n) is 6.50. The van der Waals surface area contributed by atoms with E-state index >= 15 is 0 Å². The molecule has 25 heavy (non-hydrogen) atoms. The lowest BCUT2D eigenvalue weighted by Gasteiger charge is -2.30. The zero-order valence-corrected chi connectivity index (χ0v) is 14.6. The molecular weight excluding hydrogens is 316 g/mol. The molecule has 1 aliphatic heterocycles. The van der Waals surface area contributed by atoms with Crippen LogP contribution in [0.3, 0.4) is 0 Å². The van der Waals surface area contributed by atoms with Crippen molar-refractivity contribution in [3.8, 4) is 0 Å². The summed E-state index contributed by atoms with van der Waals surface area (Å²) in [4.78, 5) is 24.7. The first kappa shape index (κ1) is 17.2. The fourth-order valence-corrected chi connectivity index (χ4v) is 2.90. The number of carbonyl (C=O) groups is 1. The molecule has 0 radical (unpaired) electrons. The summed E-state index contributed by atoms with van der Waals surface area (Å²) in [5, 5.41) is 3.25. The third-order valence-corrected chi connectivity index (χ3v) is 4.17. The average Bonchev–Trinajstić information content (AvgIpc) is 2.61. The van der Waals surface area contributed by atoms with E-state index in [1.54, 1.807) is 31.3 Å². The standard InChI is InChI=1S/C18H24N6O/c1-23(2)17(25)13-5-3-7-15(11-13)21-16-8-9-20-18(22-16)24-10-4-6-14(19)12-24/h3,5,7-9,11,14H,4,6,10,12,19H2,1-2H3,(H,20,21,22)/t14-/m0/s1. The SMILES string of the molecule is CN(C)C(=O)c1cccc(Nc2ccnc(N3CCC[C@H](N)C3)n2)c1. The molecule has 1 amide bonds. The van der Waals surface area contributed by atoms with Crippen molar-refractivity contribution < 1.29 is 4.79 Å². The number of aromatic nitrogens is 2. The first-order valence-corrected chi connectivity index (χ1v) is 8.45. The van der Waals surface area contributed by atoms with Gasteiger partial charge in [0.2, 0.25) is 5.95 Å².